The highest BCUT2D eigenvalue weighted by Crippen LogP contribution is 2.12. The first-order chi connectivity index (χ1) is 8.31. The number of nitrogens with zero attached hydrogens (tertiary/aromatic N) is 3. The molecule has 0 atom stereocenters. The van der Waals surface area contributed by atoms with Gasteiger partial charge in [0.25, 0.3) is 0 Å². The molecule has 3 aromatic rings. The number of aromatic amines is 1. The van der Waals surface area contributed by atoms with Gasteiger partial charge in [0.2, 0.25) is 0 Å². The van der Waals surface area contributed by atoms with Crippen LogP contribution in [0.1, 0.15) is 11.6 Å². The standard InChI is InChI=1S/C12H11N5/c13-10-5-6-14-11(17-10)7-12-15-8-3-1-2-4-9(8)16-12/h1-6H,7H2,(H,15,16)(H2,13,14,17). The van der Waals surface area contributed by atoms with Gasteiger partial charge in [0.05, 0.1) is 17.5 Å². The van der Waals surface area contributed by atoms with Crippen LogP contribution in [-0.2, 0) is 6.42 Å². The molecule has 0 aliphatic heterocycles. The fourth-order valence-corrected chi connectivity index (χ4v) is 1.74. The minimum atomic E-state index is 0.478. The SMILES string of the molecule is Nc1ccnc(Cc2nc3ccccc3[nH]2)n1. The van der Waals surface area contributed by atoms with Crippen molar-refractivity contribution in [2.24, 2.45) is 0 Å². The lowest BCUT2D eigenvalue weighted by Crippen LogP contribution is -2.00. The Labute approximate surface area is 97.7 Å². The summed E-state index contributed by atoms with van der Waals surface area (Å²) < 4.78 is 0. The zero-order chi connectivity index (χ0) is 11.7. The molecule has 3 N–H and O–H groups in total. The van der Waals surface area contributed by atoms with Gasteiger partial charge < -0.3 is 10.7 Å². The third kappa shape index (κ3) is 1.94. The smallest absolute Gasteiger partial charge is 0.138 e. The number of imidazole rings is 1. The number of nitrogens with two attached hydrogens (primary N) is 1. The van der Waals surface area contributed by atoms with E-state index in [1.807, 2.05) is 24.3 Å². The first-order valence-electron chi connectivity index (χ1n) is 5.32. The van der Waals surface area contributed by atoms with Crippen LogP contribution in [-0.4, -0.2) is 19.9 Å². The lowest BCUT2D eigenvalue weighted by Gasteiger charge is -1.97. The summed E-state index contributed by atoms with van der Waals surface area (Å²) in [5.74, 6) is 1.99. The van der Waals surface area contributed by atoms with Crippen molar-refractivity contribution in [3.63, 3.8) is 0 Å². The van der Waals surface area contributed by atoms with Gasteiger partial charge in [-0.15, -0.1) is 0 Å². The Morgan fingerprint density at radius 3 is 2.82 bits per heavy atom. The Kier molecular flexibility index (Phi) is 2.22. The molecule has 0 saturated heterocycles. The molecule has 5 heteroatoms. The second-order valence-corrected chi connectivity index (χ2v) is 3.78. The third-order valence-electron chi connectivity index (χ3n) is 2.49. The van der Waals surface area contributed by atoms with Crippen molar-refractivity contribution >= 4 is 16.9 Å². The number of anilines is 1. The summed E-state index contributed by atoms with van der Waals surface area (Å²) in [6, 6.07) is 9.56. The summed E-state index contributed by atoms with van der Waals surface area (Å²) >= 11 is 0. The Balaban J connectivity index is 1.94. The maximum atomic E-state index is 5.61. The molecule has 84 valence electrons. The molecule has 0 saturated carbocycles. The van der Waals surface area contributed by atoms with Crippen LogP contribution in [0.15, 0.2) is 36.5 Å². The first-order valence-corrected chi connectivity index (χ1v) is 5.32. The molecule has 2 heterocycles. The Bertz CT molecular complexity index is 626. The van der Waals surface area contributed by atoms with Crippen molar-refractivity contribution in [1.82, 2.24) is 19.9 Å². The van der Waals surface area contributed by atoms with E-state index in [1.165, 1.54) is 0 Å². The fraction of sp³-hybridized carbons (Fsp3) is 0.0833. The van der Waals surface area contributed by atoms with Gasteiger partial charge in [0, 0.05) is 6.20 Å². The van der Waals surface area contributed by atoms with Gasteiger partial charge in [-0.25, -0.2) is 15.0 Å². The third-order valence-corrected chi connectivity index (χ3v) is 2.49. The molecular weight excluding hydrogens is 214 g/mol. The minimum absolute atomic E-state index is 0.478. The van der Waals surface area contributed by atoms with Crippen LogP contribution in [0.25, 0.3) is 11.0 Å². The highest BCUT2D eigenvalue weighted by molar-refractivity contribution is 5.74. The number of hydrogen-bond acceptors (Lipinski definition) is 4. The second kappa shape index (κ2) is 3.86. The van der Waals surface area contributed by atoms with Crippen molar-refractivity contribution in [2.75, 3.05) is 5.73 Å². The maximum Gasteiger partial charge on any atom is 0.138 e. The van der Waals surface area contributed by atoms with Gasteiger partial charge in [-0.3, -0.25) is 0 Å². The van der Waals surface area contributed by atoms with E-state index in [0.717, 1.165) is 16.9 Å². The van der Waals surface area contributed by atoms with E-state index in [-0.39, 0.29) is 0 Å². The van der Waals surface area contributed by atoms with E-state index in [1.54, 1.807) is 12.3 Å². The number of H-pyrrole nitrogens is 1. The summed E-state index contributed by atoms with van der Waals surface area (Å²) in [6.45, 7) is 0. The van der Waals surface area contributed by atoms with E-state index < -0.39 is 0 Å². The van der Waals surface area contributed by atoms with Gasteiger partial charge in [-0.05, 0) is 18.2 Å². The van der Waals surface area contributed by atoms with E-state index in [4.69, 9.17) is 5.73 Å². The Hall–Kier alpha value is -2.43. The predicted molar refractivity (Wildman–Crippen MR) is 65.3 cm³/mol. The number of aromatic nitrogens is 4. The van der Waals surface area contributed by atoms with Crippen LogP contribution in [0.4, 0.5) is 5.82 Å². The topological polar surface area (TPSA) is 80.5 Å². The molecule has 0 spiro atoms. The lowest BCUT2D eigenvalue weighted by atomic mass is 10.3. The lowest BCUT2D eigenvalue weighted by molar-refractivity contribution is 0.921. The molecule has 3 rings (SSSR count). The summed E-state index contributed by atoms with van der Waals surface area (Å²) in [5, 5.41) is 0. The molecule has 0 bridgehead atoms. The molecule has 2 aromatic heterocycles. The van der Waals surface area contributed by atoms with Crippen LogP contribution in [0.5, 0.6) is 0 Å². The minimum Gasteiger partial charge on any atom is -0.384 e. The highest BCUT2D eigenvalue weighted by atomic mass is 15.0. The summed E-state index contributed by atoms with van der Waals surface area (Å²) in [5.41, 5.74) is 7.58. The zero-order valence-corrected chi connectivity index (χ0v) is 9.09. The maximum absolute atomic E-state index is 5.61. The number of hydrogen-bond donors (Lipinski definition) is 2. The van der Waals surface area contributed by atoms with Gasteiger partial charge >= 0.3 is 0 Å². The van der Waals surface area contributed by atoms with Crippen molar-refractivity contribution in [1.29, 1.82) is 0 Å². The molecule has 0 amide bonds. The summed E-state index contributed by atoms with van der Waals surface area (Å²) in [7, 11) is 0. The molecule has 5 nitrogen and oxygen atoms in total. The van der Waals surface area contributed by atoms with Gasteiger partial charge in [-0.2, -0.15) is 0 Å². The van der Waals surface area contributed by atoms with Crippen LogP contribution < -0.4 is 5.73 Å². The molecule has 1 aromatic carbocycles. The molecule has 0 aliphatic carbocycles. The van der Waals surface area contributed by atoms with Crippen LogP contribution in [0.2, 0.25) is 0 Å². The van der Waals surface area contributed by atoms with Gasteiger partial charge in [0.1, 0.15) is 17.5 Å². The van der Waals surface area contributed by atoms with Crippen molar-refractivity contribution in [2.45, 2.75) is 6.42 Å². The highest BCUT2D eigenvalue weighted by Gasteiger charge is 2.05. The van der Waals surface area contributed by atoms with E-state index in [0.29, 0.717) is 18.1 Å². The number of benzene rings is 1. The fourth-order valence-electron chi connectivity index (χ4n) is 1.74. The largest absolute Gasteiger partial charge is 0.384 e. The Morgan fingerprint density at radius 2 is 2.00 bits per heavy atom. The molecule has 0 radical (unpaired) electrons. The summed E-state index contributed by atoms with van der Waals surface area (Å²) in [4.78, 5) is 16.0. The number of fused-ring (bicyclic) bond motifs is 1. The van der Waals surface area contributed by atoms with Gasteiger partial charge in [0.15, 0.2) is 0 Å². The molecule has 0 fully saturated rings. The van der Waals surface area contributed by atoms with Crippen LogP contribution in [0.3, 0.4) is 0 Å². The van der Waals surface area contributed by atoms with E-state index >= 15 is 0 Å². The normalized spacial score (nSPS) is 10.8. The van der Waals surface area contributed by atoms with Gasteiger partial charge in [-0.1, -0.05) is 12.1 Å². The van der Waals surface area contributed by atoms with Crippen LogP contribution in [0, 0.1) is 0 Å². The molecule has 0 aliphatic rings. The molecular formula is C12H11N5. The first kappa shape index (κ1) is 9.77. The average molecular weight is 225 g/mol. The quantitative estimate of drug-likeness (QED) is 0.693. The van der Waals surface area contributed by atoms with Crippen molar-refractivity contribution in [3.8, 4) is 0 Å². The van der Waals surface area contributed by atoms with Crippen LogP contribution >= 0.6 is 0 Å². The number of nitrogens with one attached hydrogen (secondary N) is 1. The average Bonchev–Trinajstić information content (AvgIpc) is 2.71. The predicted octanol–water partition coefficient (Wildman–Crippen LogP) is 1.53. The molecule has 17 heavy (non-hydrogen) atoms. The van der Waals surface area contributed by atoms with E-state index in [9.17, 15) is 0 Å². The monoisotopic (exact) mass is 225 g/mol. The number of para-hydroxylation sites is 2. The van der Waals surface area contributed by atoms with Crippen molar-refractivity contribution in [3.05, 3.63) is 48.2 Å². The van der Waals surface area contributed by atoms with E-state index in [2.05, 4.69) is 19.9 Å². The second-order valence-electron chi connectivity index (χ2n) is 3.78. The molecule has 0 unspecified atom stereocenters. The number of nitrogen functional groups attached to an aromatic ring is 1. The van der Waals surface area contributed by atoms with Crippen molar-refractivity contribution < 1.29 is 0 Å². The Morgan fingerprint density at radius 1 is 1.12 bits per heavy atom. The zero-order valence-electron chi connectivity index (χ0n) is 9.09. The number of rotatable bonds is 2. The summed E-state index contributed by atoms with van der Waals surface area (Å²) in [6.07, 6.45) is 2.21.